The van der Waals surface area contributed by atoms with E-state index in [9.17, 15) is 0 Å². The minimum atomic E-state index is 1.10. The van der Waals surface area contributed by atoms with Crippen LogP contribution in [0.1, 0.15) is 0 Å². The lowest BCUT2D eigenvalue weighted by atomic mass is 9.92. The lowest BCUT2D eigenvalue weighted by Gasteiger charge is -2.27. The van der Waals surface area contributed by atoms with Gasteiger partial charge in [0.25, 0.3) is 0 Å². The maximum atomic E-state index is 2.43. The summed E-state index contributed by atoms with van der Waals surface area (Å²) >= 11 is 3.78. The maximum Gasteiger partial charge on any atom is 0.0468 e. The van der Waals surface area contributed by atoms with E-state index in [-0.39, 0.29) is 0 Å². The molecule has 0 saturated heterocycles. The predicted octanol–water partition coefficient (Wildman–Crippen LogP) is 16.6. The summed E-state index contributed by atoms with van der Waals surface area (Å²) in [5.74, 6) is 0. The van der Waals surface area contributed by atoms with Crippen molar-refractivity contribution in [3.8, 4) is 44.5 Å². The third kappa shape index (κ3) is 5.91. The Morgan fingerprint density at radius 3 is 1.18 bits per heavy atom. The molecule has 0 atom stereocenters. The molecule has 0 spiro atoms. The second-order valence-corrected chi connectivity index (χ2v) is 16.6. The van der Waals surface area contributed by atoms with Gasteiger partial charge >= 0.3 is 0 Å². The Balaban J connectivity index is 1.14. The Morgan fingerprint density at radius 1 is 0.263 bits per heavy atom. The molecule has 1 nitrogen and oxygen atoms in total. The van der Waals surface area contributed by atoms with E-state index in [1.54, 1.807) is 0 Å². The number of hydrogen-bond donors (Lipinski definition) is 0. The molecule has 0 aliphatic heterocycles. The standard InChI is InChI=1S/C54H35NS2/c1-3-13-36(14-4-1)38-25-29-40(30-26-38)55(41-31-27-39(28-32-41)37-15-5-2-6-16-37)42-33-34-43(46-19-11-20-47-44-17-7-9-23-51(44)56-53(46)47)50(35-42)49-22-12-21-48-45-18-8-10-24-52(45)57-54(48)49/h1-35H. The van der Waals surface area contributed by atoms with Gasteiger partial charge in [-0.1, -0.05) is 164 Å². The summed E-state index contributed by atoms with van der Waals surface area (Å²) in [6, 6.07) is 77.6. The largest absolute Gasteiger partial charge is 0.310 e. The number of fused-ring (bicyclic) bond motifs is 6. The summed E-state index contributed by atoms with van der Waals surface area (Å²) in [6.45, 7) is 0. The Morgan fingerprint density at radius 2 is 0.667 bits per heavy atom. The molecule has 268 valence electrons. The second kappa shape index (κ2) is 14.1. The Bertz CT molecular complexity index is 3130. The van der Waals surface area contributed by atoms with Gasteiger partial charge in [-0.15, -0.1) is 22.7 Å². The molecule has 11 rings (SSSR count). The van der Waals surface area contributed by atoms with Crippen LogP contribution in [0.5, 0.6) is 0 Å². The molecule has 0 amide bonds. The summed E-state index contributed by atoms with van der Waals surface area (Å²) < 4.78 is 5.25. The fourth-order valence-electron chi connectivity index (χ4n) is 8.36. The SMILES string of the molecule is c1ccc(-c2ccc(N(c3ccc(-c4ccccc4)cc3)c3ccc(-c4cccc5c4sc4ccccc45)c(-c4cccc5c4sc4ccccc45)c3)cc2)cc1. The Hall–Kier alpha value is -6.78. The number of rotatable bonds is 7. The lowest BCUT2D eigenvalue weighted by Crippen LogP contribution is -2.10. The van der Waals surface area contributed by atoms with Crippen LogP contribution in [-0.4, -0.2) is 0 Å². The zero-order valence-electron chi connectivity index (χ0n) is 31.0. The number of benzene rings is 9. The van der Waals surface area contributed by atoms with Crippen molar-refractivity contribution in [2.75, 3.05) is 4.90 Å². The third-order valence-electron chi connectivity index (χ3n) is 11.1. The van der Waals surface area contributed by atoms with Crippen molar-refractivity contribution in [1.29, 1.82) is 0 Å². The van der Waals surface area contributed by atoms with Gasteiger partial charge in [0.15, 0.2) is 0 Å². The average molecular weight is 762 g/mol. The summed E-state index contributed by atoms with van der Waals surface area (Å²) in [6.07, 6.45) is 0. The van der Waals surface area contributed by atoms with Gasteiger partial charge in [0.1, 0.15) is 0 Å². The molecule has 3 heteroatoms. The number of hydrogen-bond acceptors (Lipinski definition) is 3. The van der Waals surface area contributed by atoms with E-state index in [0.717, 1.165) is 17.1 Å². The molecule has 9 aromatic carbocycles. The Kier molecular flexibility index (Phi) is 8.28. The Labute approximate surface area is 340 Å². The predicted molar refractivity (Wildman–Crippen MR) is 249 cm³/mol. The molecule has 2 heterocycles. The minimum Gasteiger partial charge on any atom is -0.310 e. The van der Waals surface area contributed by atoms with Crippen LogP contribution in [0.3, 0.4) is 0 Å². The van der Waals surface area contributed by atoms with Crippen molar-refractivity contribution >= 4 is 80.1 Å². The lowest BCUT2D eigenvalue weighted by molar-refractivity contribution is 1.28. The van der Waals surface area contributed by atoms with Crippen LogP contribution in [-0.2, 0) is 0 Å². The zero-order valence-corrected chi connectivity index (χ0v) is 32.6. The molecule has 0 N–H and O–H groups in total. The van der Waals surface area contributed by atoms with Crippen molar-refractivity contribution in [2.45, 2.75) is 0 Å². The van der Waals surface area contributed by atoms with E-state index in [2.05, 4.69) is 217 Å². The quantitative estimate of drug-likeness (QED) is 0.156. The molecule has 0 fully saturated rings. The van der Waals surface area contributed by atoms with Crippen molar-refractivity contribution in [2.24, 2.45) is 0 Å². The van der Waals surface area contributed by atoms with Crippen LogP contribution in [0.4, 0.5) is 17.1 Å². The molecule has 0 radical (unpaired) electrons. The normalized spacial score (nSPS) is 11.5. The van der Waals surface area contributed by atoms with Crippen molar-refractivity contribution < 1.29 is 0 Å². The molecule has 57 heavy (non-hydrogen) atoms. The molecular formula is C54H35NS2. The molecule has 11 aromatic rings. The van der Waals surface area contributed by atoms with E-state index in [1.807, 2.05) is 22.7 Å². The van der Waals surface area contributed by atoms with E-state index >= 15 is 0 Å². The highest BCUT2D eigenvalue weighted by Crippen LogP contribution is 2.48. The van der Waals surface area contributed by atoms with Crippen molar-refractivity contribution in [3.05, 3.63) is 212 Å². The number of nitrogens with zero attached hydrogens (tertiary/aromatic N) is 1. The van der Waals surface area contributed by atoms with Crippen LogP contribution >= 0.6 is 22.7 Å². The first-order valence-electron chi connectivity index (χ1n) is 19.3. The topological polar surface area (TPSA) is 3.24 Å². The first-order valence-corrected chi connectivity index (χ1v) is 21.0. The summed E-state index contributed by atoms with van der Waals surface area (Å²) in [5, 5.41) is 5.23. The van der Waals surface area contributed by atoms with Crippen LogP contribution in [0.2, 0.25) is 0 Å². The molecule has 0 unspecified atom stereocenters. The van der Waals surface area contributed by atoms with Gasteiger partial charge in [-0.3, -0.25) is 0 Å². The second-order valence-electron chi connectivity index (χ2n) is 14.5. The summed E-state index contributed by atoms with van der Waals surface area (Å²) in [5.41, 5.74) is 13.1. The van der Waals surface area contributed by atoms with Gasteiger partial charge in [0.05, 0.1) is 0 Å². The molecule has 0 aliphatic rings. The molecule has 0 aliphatic carbocycles. The van der Waals surface area contributed by atoms with Crippen LogP contribution < -0.4 is 4.90 Å². The van der Waals surface area contributed by atoms with Crippen LogP contribution in [0.15, 0.2) is 212 Å². The van der Waals surface area contributed by atoms with Gasteiger partial charge in [-0.25, -0.2) is 0 Å². The highest BCUT2D eigenvalue weighted by atomic mass is 32.1. The smallest absolute Gasteiger partial charge is 0.0468 e. The van der Waals surface area contributed by atoms with Crippen LogP contribution in [0, 0.1) is 0 Å². The van der Waals surface area contributed by atoms with E-state index < -0.39 is 0 Å². The third-order valence-corrected chi connectivity index (χ3v) is 13.6. The van der Waals surface area contributed by atoms with Gasteiger partial charge < -0.3 is 4.90 Å². The van der Waals surface area contributed by atoms with Gasteiger partial charge in [0, 0.05) is 68.5 Å². The number of anilines is 3. The van der Waals surface area contributed by atoms with Gasteiger partial charge in [-0.2, -0.15) is 0 Å². The fourth-order valence-corrected chi connectivity index (χ4v) is 10.8. The molecular weight excluding hydrogens is 727 g/mol. The van der Waals surface area contributed by atoms with E-state index in [0.29, 0.717) is 0 Å². The zero-order chi connectivity index (χ0) is 37.7. The number of thiophene rings is 2. The molecule has 0 bridgehead atoms. The fraction of sp³-hybridized carbons (Fsp3) is 0. The minimum absolute atomic E-state index is 1.10. The van der Waals surface area contributed by atoms with Gasteiger partial charge in [-0.05, 0) is 81.9 Å². The summed E-state index contributed by atoms with van der Waals surface area (Å²) in [4.78, 5) is 2.40. The maximum absolute atomic E-state index is 2.43. The van der Waals surface area contributed by atoms with Gasteiger partial charge in [0.2, 0.25) is 0 Å². The summed E-state index contributed by atoms with van der Waals surface area (Å²) in [7, 11) is 0. The van der Waals surface area contributed by atoms with Crippen LogP contribution in [0.25, 0.3) is 84.9 Å². The highest BCUT2D eigenvalue weighted by molar-refractivity contribution is 7.26. The van der Waals surface area contributed by atoms with Crippen molar-refractivity contribution in [1.82, 2.24) is 0 Å². The molecule has 0 saturated carbocycles. The average Bonchev–Trinajstić information content (AvgIpc) is 3.87. The monoisotopic (exact) mass is 761 g/mol. The first kappa shape index (κ1) is 33.5. The molecule has 2 aromatic heterocycles. The van der Waals surface area contributed by atoms with E-state index in [4.69, 9.17) is 0 Å². The van der Waals surface area contributed by atoms with E-state index in [1.165, 1.54) is 84.9 Å². The first-order chi connectivity index (χ1) is 28.3. The highest BCUT2D eigenvalue weighted by Gasteiger charge is 2.21. The van der Waals surface area contributed by atoms with Crippen molar-refractivity contribution in [3.63, 3.8) is 0 Å².